The van der Waals surface area contributed by atoms with Gasteiger partial charge in [-0.1, -0.05) is 54.6 Å². The smallest absolute Gasteiger partial charge is 0.0536 e. The Balaban J connectivity index is 1.50. The summed E-state index contributed by atoms with van der Waals surface area (Å²) >= 11 is 0. The molecule has 2 heterocycles. The molecule has 0 N–H and O–H groups in total. The quantitative estimate of drug-likeness (QED) is 0.531. The van der Waals surface area contributed by atoms with Gasteiger partial charge in [0, 0.05) is 33.1 Å². The SMILES string of the molecule is O=S1C2C=C(c3ccc(N(c4ccccc4)c4ccccc4)cc3)CC1CC2. The molecule has 1 saturated heterocycles. The molecule has 2 nitrogen and oxygen atoms in total. The maximum atomic E-state index is 12.3. The van der Waals surface area contributed by atoms with Gasteiger partial charge in [-0.25, -0.2) is 0 Å². The van der Waals surface area contributed by atoms with E-state index in [0.717, 1.165) is 36.3 Å². The molecule has 2 aliphatic rings. The number of nitrogens with zero attached hydrogens (tertiary/aromatic N) is 1. The second-order valence-electron chi connectivity index (χ2n) is 7.52. The topological polar surface area (TPSA) is 20.3 Å². The van der Waals surface area contributed by atoms with Crippen LogP contribution in [0.5, 0.6) is 0 Å². The molecule has 5 rings (SSSR count). The Hall–Kier alpha value is -2.65. The van der Waals surface area contributed by atoms with Gasteiger partial charge in [-0.3, -0.25) is 4.21 Å². The van der Waals surface area contributed by atoms with E-state index in [0.29, 0.717) is 5.25 Å². The van der Waals surface area contributed by atoms with Crippen molar-refractivity contribution in [3.63, 3.8) is 0 Å². The van der Waals surface area contributed by atoms with E-state index in [2.05, 4.69) is 83.8 Å². The highest BCUT2D eigenvalue weighted by Crippen LogP contribution is 2.40. The van der Waals surface area contributed by atoms with Gasteiger partial charge in [-0.2, -0.15) is 0 Å². The summed E-state index contributed by atoms with van der Waals surface area (Å²) in [6.07, 6.45) is 5.39. The fourth-order valence-corrected chi connectivity index (χ4v) is 6.22. The zero-order chi connectivity index (χ0) is 18.9. The zero-order valence-electron chi connectivity index (χ0n) is 15.7. The number of rotatable bonds is 4. The normalized spacial score (nSPS) is 23.3. The first kappa shape index (κ1) is 17.4. The second kappa shape index (κ2) is 7.40. The molecule has 0 saturated carbocycles. The van der Waals surface area contributed by atoms with E-state index in [-0.39, 0.29) is 5.25 Å². The van der Waals surface area contributed by atoms with Gasteiger partial charge in [-0.15, -0.1) is 0 Å². The van der Waals surface area contributed by atoms with Crippen LogP contribution >= 0.6 is 0 Å². The molecule has 2 bridgehead atoms. The maximum absolute atomic E-state index is 12.3. The summed E-state index contributed by atoms with van der Waals surface area (Å²) in [6, 6.07) is 29.8. The van der Waals surface area contributed by atoms with E-state index < -0.39 is 10.8 Å². The molecule has 2 aliphatic heterocycles. The molecule has 28 heavy (non-hydrogen) atoms. The molecule has 3 atom stereocenters. The van der Waals surface area contributed by atoms with Crippen molar-refractivity contribution in [3.05, 3.63) is 96.6 Å². The lowest BCUT2D eigenvalue weighted by molar-refractivity contribution is 0.674. The average molecular weight is 386 g/mol. The van der Waals surface area contributed by atoms with Crippen LogP contribution in [0.15, 0.2) is 91.0 Å². The van der Waals surface area contributed by atoms with Crippen molar-refractivity contribution in [3.8, 4) is 0 Å². The second-order valence-corrected chi connectivity index (χ2v) is 9.44. The Labute approximate surface area is 169 Å². The van der Waals surface area contributed by atoms with Gasteiger partial charge in [0.25, 0.3) is 0 Å². The maximum Gasteiger partial charge on any atom is 0.0536 e. The standard InChI is InChI=1S/C25H23NOS/c27-28-24-15-16-25(28)18-20(17-24)19-11-13-23(14-12-19)26(21-7-3-1-4-8-21)22-9-5-2-6-10-22/h1-14,17,24-25H,15-16,18H2. The Kier molecular flexibility index (Phi) is 4.61. The van der Waals surface area contributed by atoms with Crippen LogP contribution in [0.1, 0.15) is 24.8 Å². The highest BCUT2D eigenvalue weighted by atomic mass is 32.2. The van der Waals surface area contributed by atoms with Gasteiger partial charge >= 0.3 is 0 Å². The van der Waals surface area contributed by atoms with E-state index in [9.17, 15) is 4.21 Å². The summed E-state index contributed by atoms with van der Waals surface area (Å²) in [6.45, 7) is 0. The van der Waals surface area contributed by atoms with E-state index in [1.54, 1.807) is 0 Å². The zero-order valence-corrected chi connectivity index (χ0v) is 16.5. The minimum atomic E-state index is -0.659. The summed E-state index contributed by atoms with van der Waals surface area (Å²) in [4.78, 5) is 2.28. The third-order valence-corrected chi connectivity index (χ3v) is 7.79. The predicted octanol–water partition coefficient (Wildman–Crippen LogP) is 6.22. The molecule has 140 valence electrons. The number of hydrogen-bond donors (Lipinski definition) is 0. The molecule has 0 spiro atoms. The fourth-order valence-electron chi connectivity index (χ4n) is 4.34. The van der Waals surface area contributed by atoms with Crippen LogP contribution in [0.4, 0.5) is 17.1 Å². The lowest BCUT2D eigenvalue weighted by Gasteiger charge is -2.26. The van der Waals surface area contributed by atoms with Crippen molar-refractivity contribution < 1.29 is 4.21 Å². The highest BCUT2D eigenvalue weighted by molar-refractivity contribution is 7.86. The number of allylic oxidation sites excluding steroid dienone is 1. The minimum absolute atomic E-state index is 0.263. The Bertz CT molecular complexity index is 972. The van der Waals surface area contributed by atoms with Crippen LogP contribution in [-0.4, -0.2) is 14.7 Å². The third-order valence-electron chi connectivity index (χ3n) is 5.76. The number of fused-ring (bicyclic) bond motifs is 2. The molecule has 0 aromatic heterocycles. The first-order valence-corrected chi connectivity index (χ1v) is 11.2. The van der Waals surface area contributed by atoms with E-state index in [1.165, 1.54) is 11.1 Å². The van der Waals surface area contributed by atoms with Crippen molar-refractivity contribution in [2.45, 2.75) is 29.8 Å². The summed E-state index contributed by atoms with van der Waals surface area (Å²) in [5.41, 5.74) is 6.06. The summed E-state index contributed by atoms with van der Waals surface area (Å²) in [7, 11) is -0.659. The Morgan fingerprint density at radius 2 is 1.29 bits per heavy atom. The Morgan fingerprint density at radius 3 is 1.86 bits per heavy atom. The summed E-state index contributed by atoms with van der Waals surface area (Å²) in [5.74, 6) is 0. The lowest BCUT2D eigenvalue weighted by Crippen LogP contribution is -2.19. The molecular weight excluding hydrogens is 362 g/mol. The average Bonchev–Trinajstić information content (AvgIpc) is 2.96. The van der Waals surface area contributed by atoms with Crippen LogP contribution < -0.4 is 4.90 Å². The van der Waals surface area contributed by atoms with Crippen LogP contribution in [0.2, 0.25) is 0 Å². The molecule has 0 amide bonds. The highest BCUT2D eigenvalue weighted by Gasteiger charge is 2.36. The summed E-state index contributed by atoms with van der Waals surface area (Å²) in [5, 5.41) is 0.619. The van der Waals surface area contributed by atoms with Gasteiger partial charge in [0.05, 0.1) is 5.25 Å². The number of hydrogen-bond acceptors (Lipinski definition) is 2. The van der Waals surface area contributed by atoms with Gasteiger partial charge < -0.3 is 4.90 Å². The predicted molar refractivity (Wildman–Crippen MR) is 119 cm³/mol. The molecular formula is C25H23NOS. The molecule has 3 aromatic carbocycles. The molecule has 3 aromatic rings. The van der Waals surface area contributed by atoms with Crippen molar-refractivity contribution in [1.82, 2.24) is 0 Å². The number of benzene rings is 3. The molecule has 1 fully saturated rings. The van der Waals surface area contributed by atoms with Gasteiger partial charge in [-0.05, 0) is 66.8 Å². The van der Waals surface area contributed by atoms with Crippen molar-refractivity contribution in [2.24, 2.45) is 0 Å². The monoisotopic (exact) mass is 385 g/mol. The van der Waals surface area contributed by atoms with Crippen LogP contribution in [0, 0.1) is 0 Å². The largest absolute Gasteiger partial charge is 0.311 e. The van der Waals surface area contributed by atoms with Gasteiger partial charge in [0.15, 0.2) is 0 Å². The van der Waals surface area contributed by atoms with E-state index >= 15 is 0 Å². The van der Waals surface area contributed by atoms with E-state index in [4.69, 9.17) is 0 Å². The molecule has 0 radical (unpaired) electrons. The molecule has 3 unspecified atom stereocenters. The fraction of sp³-hybridized carbons (Fsp3) is 0.200. The van der Waals surface area contributed by atoms with Gasteiger partial charge in [0.1, 0.15) is 0 Å². The van der Waals surface area contributed by atoms with Crippen molar-refractivity contribution in [2.75, 3.05) is 4.90 Å². The molecule has 0 aliphatic carbocycles. The van der Waals surface area contributed by atoms with Crippen molar-refractivity contribution in [1.29, 1.82) is 0 Å². The van der Waals surface area contributed by atoms with Crippen molar-refractivity contribution >= 4 is 33.4 Å². The first-order valence-electron chi connectivity index (χ1n) is 9.90. The third kappa shape index (κ3) is 3.20. The van der Waals surface area contributed by atoms with Crippen LogP contribution in [-0.2, 0) is 10.8 Å². The number of anilines is 3. The number of para-hydroxylation sites is 2. The van der Waals surface area contributed by atoms with Crippen LogP contribution in [0.25, 0.3) is 5.57 Å². The lowest BCUT2D eigenvalue weighted by atomic mass is 10.00. The van der Waals surface area contributed by atoms with Gasteiger partial charge in [0.2, 0.25) is 0 Å². The molecule has 3 heteroatoms. The Morgan fingerprint density at radius 1 is 0.714 bits per heavy atom. The van der Waals surface area contributed by atoms with E-state index in [1.807, 2.05) is 12.1 Å². The minimum Gasteiger partial charge on any atom is -0.311 e. The van der Waals surface area contributed by atoms with Crippen LogP contribution in [0.3, 0.4) is 0 Å². The first-order chi connectivity index (χ1) is 13.8. The summed E-state index contributed by atoms with van der Waals surface area (Å²) < 4.78 is 12.3.